The largest absolute Gasteiger partial charge is 0.391 e. The zero-order chi connectivity index (χ0) is 17.8. The molecule has 26 heavy (non-hydrogen) atoms. The van der Waals surface area contributed by atoms with E-state index in [9.17, 15) is 5.11 Å². The third-order valence-corrected chi connectivity index (χ3v) is 6.08. The van der Waals surface area contributed by atoms with Crippen LogP contribution >= 0.6 is 0 Å². The summed E-state index contributed by atoms with van der Waals surface area (Å²) in [5, 5.41) is 10.5. The highest BCUT2D eigenvalue weighted by Crippen LogP contribution is 2.29. The minimum atomic E-state index is -0.189. The fraction of sp³-hybridized carbons (Fsp3) is 0.478. The van der Waals surface area contributed by atoms with Crippen molar-refractivity contribution in [2.45, 2.75) is 31.4 Å². The molecule has 2 unspecified atom stereocenters. The van der Waals surface area contributed by atoms with Crippen molar-refractivity contribution < 1.29 is 5.11 Å². The summed E-state index contributed by atoms with van der Waals surface area (Å²) in [4.78, 5) is 4.97. The Balaban J connectivity index is 1.26. The third-order valence-electron chi connectivity index (χ3n) is 6.08. The van der Waals surface area contributed by atoms with Crippen LogP contribution in [0.15, 0.2) is 60.7 Å². The topological polar surface area (TPSA) is 26.7 Å². The van der Waals surface area contributed by atoms with E-state index in [1.165, 1.54) is 24.0 Å². The SMILES string of the molecule is OC1CN(Cc2ccccc2)CC1CN1CCC(c2ccccc2)CC1. The van der Waals surface area contributed by atoms with Crippen LogP contribution in [0.25, 0.3) is 0 Å². The van der Waals surface area contributed by atoms with Crippen molar-refractivity contribution in [3.05, 3.63) is 71.8 Å². The molecule has 0 spiro atoms. The van der Waals surface area contributed by atoms with Crippen molar-refractivity contribution in [2.75, 3.05) is 32.7 Å². The van der Waals surface area contributed by atoms with Gasteiger partial charge in [-0.3, -0.25) is 4.90 Å². The average molecular weight is 351 g/mol. The van der Waals surface area contributed by atoms with Gasteiger partial charge in [0.05, 0.1) is 6.10 Å². The van der Waals surface area contributed by atoms with Gasteiger partial charge in [-0.15, -0.1) is 0 Å². The molecule has 2 aliphatic heterocycles. The first-order valence-corrected chi connectivity index (χ1v) is 9.99. The van der Waals surface area contributed by atoms with Gasteiger partial charge < -0.3 is 10.0 Å². The lowest BCUT2D eigenvalue weighted by Gasteiger charge is -2.34. The van der Waals surface area contributed by atoms with Crippen LogP contribution in [0.2, 0.25) is 0 Å². The van der Waals surface area contributed by atoms with E-state index in [0.29, 0.717) is 11.8 Å². The van der Waals surface area contributed by atoms with Crippen LogP contribution in [0.4, 0.5) is 0 Å². The smallest absolute Gasteiger partial charge is 0.0719 e. The second kappa shape index (κ2) is 8.34. The van der Waals surface area contributed by atoms with Gasteiger partial charge in [0.25, 0.3) is 0 Å². The van der Waals surface area contributed by atoms with Gasteiger partial charge in [-0.05, 0) is 43.0 Å². The maximum atomic E-state index is 10.5. The van der Waals surface area contributed by atoms with Gasteiger partial charge in [0.15, 0.2) is 0 Å². The number of aliphatic hydroxyl groups is 1. The summed E-state index contributed by atoms with van der Waals surface area (Å²) >= 11 is 0. The Morgan fingerprint density at radius 2 is 1.46 bits per heavy atom. The Morgan fingerprint density at radius 3 is 2.15 bits per heavy atom. The number of piperidine rings is 1. The van der Waals surface area contributed by atoms with E-state index in [-0.39, 0.29) is 6.10 Å². The van der Waals surface area contributed by atoms with Crippen LogP contribution in [0.3, 0.4) is 0 Å². The maximum absolute atomic E-state index is 10.5. The van der Waals surface area contributed by atoms with E-state index in [2.05, 4.69) is 70.5 Å². The summed E-state index contributed by atoms with van der Waals surface area (Å²) in [5.41, 5.74) is 2.83. The Morgan fingerprint density at radius 1 is 0.808 bits per heavy atom. The zero-order valence-corrected chi connectivity index (χ0v) is 15.5. The minimum absolute atomic E-state index is 0.189. The van der Waals surface area contributed by atoms with Gasteiger partial charge in [-0.1, -0.05) is 60.7 Å². The van der Waals surface area contributed by atoms with E-state index < -0.39 is 0 Å². The number of likely N-dealkylation sites (tertiary alicyclic amines) is 2. The van der Waals surface area contributed by atoms with Crippen molar-refractivity contribution >= 4 is 0 Å². The summed E-state index contributed by atoms with van der Waals surface area (Å²) in [6.07, 6.45) is 2.28. The van der Waals surface area contributed by atoms with Gasteiger partial charge in [0.1, 0.15) is 0 Å². The Bertz CT molecular complexity index is 667. The van der Waals surface area contributed by atoms with Crippen molar-refractivity contribution in [3.63, 3.8) is 0 Å². The third kappa shape index (κ3) is 4.35. The molecular weight excluding hydrogens is 320 g/mol. The van der Waals surface area contributed by atoms with Crippen molar-refractivity contribution in [2.24, 2.45) is 5.92 Å². The van der Waals surface area contributed by atoms with Crippen LogP contribution < -0.4 is 0 Å². The number of β-amino-alcohol motifs (C(OH)–C–C–N with tert-alkyl or cyclic N) is 1. The van der Waals surface area contributed by atoms with Crippen molar-refractivity contribution in [3.8, 4) is 0 Å². The molecule has 0 amide bonds. The van der Waals surface area contributed by atoms with Gasteiger partial charge in [0, 0.05) is 32.1 Å². The zero-order valence-electron chi connectivity index (χ0n) is 15.5. The minimum Gasteiger partial charge on any atom is -0.391 e. The first kappa shape index (κ1) is 17.7. The summed E-state index contributed by atoms with van der Waals surface area (Å²) in [6, 6.07) is 21.5. The van der Waals surface area contributed by atoms with Gasteiger partial charge >= 0.3 is 0 Å². The normalized spacial score (nSPS) is 25.6. The van der Waals surface area contributed by atoms with Crippen LogP contribution in [0.5, 0.6) is 0 Å². The lowest BCUT2D eigenvalue weighted by Crippen LogP contribution is -2.39. The Kier molecular flexibility index (Phi) is 5.68. The van der Waals surface area contributed by atoms with Gasteiger partial charge in [-0.2, -0.15) is 0 Å². The van der Waals surface area contributed by atoms with Crippen molar-refractivity contribution in [1.82, 2.24) is 9.80 Å². The molecule has 0 aliphatic carbocycles. The Labute approximate surface area is 157 Å². The van der Waals surface area contributed by atoms with Crippen LogP contribution in [-0.4, -0.2) is 53.7 Å². The standard InChI is InChI=1S/C23H30N2O/c26-23-18-25(15-19-7-3-1-4-8-19)17-22(23)16-24-13-11-21(12-14-24)20-9-5-2-6-10-20/h1-10,21-23,26H,11-18H2. The molecule has 0 radical (unpaired) electrons. The second-order valence-corrected chi connectivity index (χ2v) is 7.99. The monoisotopic (exact) mass is 350 g/mol. The van der Waals surface area contributed by atoms with Crippen molar-refractivity contribution in [1.29, 1.82) is 0 Å². The van der Waals surface area contributed by atoms with Gasteiger partial charge in [0.2, 0.25) is 0 Å². The fourth-order valence-electron chi connectivity index (χ4n) is 4.60. The molecule has 0 bridgehead atoms. The highest BCUT2D eigenvalue weighted by atomic mass is 16.3. The molecule has 2 aromatic rings. The van der Waals surface area contributed by atoms with Crippen LogP contribution in [-0.2, 0) is 6.54 Å². The lowest BCUT2D eigenvalue weighted by molar-refractivity contribution is 0.103. The molecule has 0 aromatic heterocycles. The summed E-state index contributed by atoms with van der Waals surface area (Å²) in [7, 11) is 0. The lowest BCUT2D eigenvalue weighted by atomic mass is 9.89. The first-order valence-electron chi connectivity index (χ1n) is 9.99. The highest BCUT2D eigenvalue weighted by Gasteiger charge is 2.33. The number of hydrogen-bond acceptors (Lipinski definition) is 3. The average Bonchev–Trinajstić information content (AvgIpc) is 3.03. The van der Waals surface area contributed by atoms with E-state index in [1.54, 1.807) is 0 Å². The van der Waals surface area contributed by atoms with E-state index >= 15 is 0 Å². The molecule has 2 saturated heterocycles. The molecule has 2 aliphatic rings. The summed E-state index contributed by atoms with van der Waals surface area (Å²) in [6.45, 7) is 6.11. The molecule has 0 saturated carbocycles. The predicted octanol–water partition coefficient (Wildman–Crippen LogP) is 3.36. The maximum Gasteiger partial charge on any atom is 0.0719 e. The number of rotatable bonds is 5. The molecule has 3 nitrogen and oxygen atoms in total. The first-order chi connectivity index (χ1) is 12.8. The number of benzene rings is 2. The Hall–Kier alpha value is -1.68. The van der Waals surface area contributed by atoms with Crippen LogP contribution in [0.1, 0.15) is 29.9 Å². The summed E-state index contributed by atoms with van der Waals surface area (Å²) < 4.78 is 0. The number of nitrogens with zero attached hydrogens (tertiary/aromatic N) is 2. The predicted molar refractivity (Wildman–Crippen MR) is 106 cm³/mol. The molecular formula is C23H30N2O. The summed E-state index contributed by atoms with van der Waals surface area (Å²) in [5.74, 6) is 1.09. The fourth-order valence-corrected chi connectivity index (χ4v) is 4.60. The quantitative estimate of drug-likeness (QED) is 0.896. The molecule has 2 heterocycles. The molecule has 2 fully saturated rings. The van der Waals surface area contributed by atoms with E-state index in [0.717, 1.165) is 39.3 Å². The number of hydrogen-bond donors (Lipinski definition) is 1. The molecule has 2 aromatic carbocycles. The second-order valence-electron chi connectivity index (χ2n) is 7.99. The molecule has 1 N–H and O–H groups in total. The molecule has 4 rings (SSSR count). The van der Waals surface area contributed by atoms with Crippen LogP contribution in [0, 0.1) is 5.92 Å². The molecule has 3 heteroatoms. The number of aliphatic hydroxyl groups excluding tert-OH is 1. The van der Waals surface area contributed by atoms with Gasteiger partial charge in [-0.25, -0.2) is 0 Å². The highest BCUT2D eigenvalue weighted by molar-refractivity contribution is 5.20. The molecule has 2 atom stereocenters. The van der Waals surface area contributed by atoms with E-state index in [1.807, 2.05) is 0 Å². The molecule has 138 valence electrons. The van der Waals surface area contributed by atoms with E-state index in [4.69, 9.17) is 0 Å².